The van der Waals surface area contributed by atoms with Gasteiger partial charge in [-0.3, -0.25) is 14.4 Å². The minimum absolute atomic E-state index is 0.258. The molecule has 236 valence electrons. The summed E-state index contributed by atoms with van der Waals surface area (Å²) in [5.74, 6) is 0.322. The largest absolute Gasteiger partial charge is 0.492 e. The first-order valence-corrected chi connectivity index (χ1v) is 15.7. The molecule has 2 aromatic heterocycles. The minimum atomic E-state index is -1.22. The number of rotatable bonds is 16. The minimum Gasteiger partial charge on any atom is -0.492 e. The number of fused-ring (bicyclic) bond motifs is 1. The summed E-state index contributed by atoms with van der Waals surface area (Å²) in [5.41, 5.74) is 1.80. The number of anilines is 1. The van der Waals surface area contributed by atoms with Gasteiger partial charge in [-0.05, 0) is 81.7 Å². The molecule has 5 rings (SSSR count). The number of aryl methyl sites for hydroxylation is 3. The predicted molar refractivity (Wildman–Crippen MR) is 167 cm³/mol. The summed E-state index contributed by atoms with van der Waals surface area (Å²) in [5, 5.41) is 20.5. The van der Waals surface area contributed by atoms with Crippen molar-refractivity contribution in [2.45, 2.75) is 63.0 Å². The molecule has 44 heavy (non-hydrogen) atoms. The van der Waals surface area contributed by atoms with Crippen LogP contribution < -0.4 is 15.4 Å². The molecular formula is C33H44N6O5. The lowest BCUT2D eigenvalue weighted by atomic mass is 9.92. The number of carbonyl (C=O) groups excluding carboxylic acids is 1. The normalized spacial score (nSPS) is 18.4. The molecule has 2 aliphatic heterocycles. The molecule has 1 saturated heterocycles. The second-order valence-electron chi connectivity index (χ2n) is 11.6. The van der Waals surface area contributed by atoms with Gasteiger partial charge < -0.3 is 25.2 Å². The zero-order valence-corrected chi connectivity index (χ0v) is 25.5. The fraction of sp³-hybridized carbons (Fsp3) is 0.515. The molecule has 2 aliphatic rings. The van der Waals surface area contributed by atoms with E-state index in [1.165, 1.54) is 5.56 Å². The van der Waals surface area contributed by atoms with Gasteiger partial charge in [-0.1, -0.05) is 24.3 Å². The Morgan fingerprint density at radius 3 is 2.77 bits per heavy atom. The van der Waals surface area contributed by atoms with Gasteiger partial charge in [0, 0.05) is 50.7 Å². The van der Waals surface area contributed by atoms with E-state index in [-0.39, 0.29) is 6.42 Å². The summed E-state index contributed by atoms with van der Waals surface area (Å²) in [6.45, 7) is 3.80. The summed E-state index contributed by atoms with van der Waals surface area (Å²) < 4.78 is 13.5. The average molecular weight is 605 g/mol. The zero-order valence-electron chi connectivity index (χ0n) is 25.5. The van der Waals surface area contributed by atoms with Gasteiger partial charge in [-0.25, -0.2) is 9.78 Å². The molecule has 1 unspecified atom stereocenters. The Balaban J connectivity index is 1.17. The number of carbonyl (C=O) groups is 2. The number of pyridine rings is 1. The second-order valence-corrected chi connectivity index (χ2v) is 11.6. The smallest absolute Gasteiger partial charge is 0.326 e. The number of unbranched alkanes of at least 4 members (excludes halogenated alkanes) is 1. The van der Waals surface area contributed by atoms with E-state index in [1.807, 2.05) is 30.3 Å². The van der Waals surface area contributed by atoms with Crippen LogP contribution >= 0.6 is 0 Å². The van der Waals surface area contributed by atoms with Crippen LogP contribution in [0.4, 0.5) is 5.82 Å². The van der Waals surface area contributed by atoms with E-state index in [4.69, 9.17) is 14.5 Å². The molecular weight excluding hydrogens is 560 g/mol. The molecule has 2 atom stereocenters. The number of ether oxygens (including phenoxy) is 2. The monoisotopic (exact) mass is 604 g/mol. The number of aromatic nitrogens is 3. The molecule has 1 amide bonds. The van der Waals surface area contributed by atoms with E-state index in [2.05, 4.69) is 32.8 Å². The van der Waals surface area contributed by atoms with E-state index >= 15 is 0 Å². The van der Waals surface area contributed by atoms with Gasteiger partial charge in [0.1, 0.15) is 24.2 Å². The first-order valence-electron chi connectivity index (χ1n) is 15.7. The first-order chi connectivity index (χ1) is 21.4. The molecule has 0 aliphatic carbocycles. The summed E-state index contributed by atoms with van der Waals surface area (Å²) >= 11 is 0. The SMILES string of the molecule is Cn1cc(C2(C(=O)N[C@@H](CCN(CCCCc3ccc4c(n3)NCCC4)CCOc3ccccc3)C(=O)O)CCCO2)cn1. The van der Waals surface area contributed by atoms with Crippen LogP contribution in [0.3, 0.4) is 0 Å². The van der Waals surface area contributed by atoms with Crippen LogP contribution in [0.1, 0.15) is 55.3 Å². The quantitative estimate of drug-likeness (QED) is 0.210. The van der Waals surface area contributed by atoms with Crippen LogP contribution in [-0.4, -0.2) is 82.1 Å². The number of para-hydroxylation sites is 1. The molecule has 1 fully saturated rings. The number of carboxylic acid groups (broad SMARTS) is 1. The van der Waals surface area contributed by atoms with E-state index in [9.17, 15) is 14.7 Å². The van der Waals surface area contributed by atoms with E-state index in [0.717, 1.165) is 62.5 Å². The van der Waals surface area contributed by atoms with Gasteiger partial charge in [0.2, 0.25) is 0 Å². The Labute approximate surface area is 258 Å². The van der Waals surface area contributed by atoms with Gasteiger partial charge >= 0.3 is 5.97 Å². The molecule has 4 heterocycles. The topological polar surface area (TPSA) is 131 Å². The van der Waals surface area contributed by atoms with Crippen LogP contribution in [0.25, 0.3) is 0 Å². The van der Waals surface area contributed by atoms with Crippen LogP contribution in [0.2, 0.25) is 0 Å². The highest BCUT2D eigenvalue weighted by molar-refractivity contribution is 5.90. The predicted octanol–water partition coefficient (Wildman–Crippen LogP) is 3.54. The zero-order chi connectivity index (χ0) is 30.8. The van der Waals surface area contributed by atoms with Crippen molar-refractivity contribution in [1.82, 2.24) is 25.0 Å². The fourth-order valence-electron chi connectivity index (χ4n) is 5.95. The van der Waals surface area contributed by atoms with Gasteiger partial charge in [-0.2, -0.15) is 5.10 Å². The third-order valence-electron chi connectivity index (χ3n) is 8.43. The number of amides is 1. The lowest BCUT2D eigenvalue weighted by Gasteiger charge is -2.29. The average Bonchev–Trinajstić information content (AvgIpc) is 3.71. The van der Waals surface area contributed by atoms with Crippen molar-refractivity contribution in [1.29, 1.82) is 0 Å². The maximum absolute atomic E-state index is 13.5. The van der Waals surface area contributed by atoms with Crippen LogP contribution in [0.15, 0.2) is 54.9 Å². The van der Waals surface area contributed by atoms with Crippen molar-refractivity contribution in [3.63, 3.8) is 0 Å². The molecule has 0 spiro atoms. The highest BCUT2D eigenvalue weighted by Gasteiger charge is 2.46. The lowest BCUT2D eigenvalue weighted by molar-refractivity contribution is -0.149. The van der Waals surface area contributed by atoms with Crippen molar-refractivity contribution < 1.29 is 24.2 Å². The number of nitrogens with zero attached hydrogens (tertiary/aromatic N) is 4. The number of nitrogens with one attached hydrogen (secondary N) is 2. The van der Waals surface area contributed by atoms with Crippen LogP contribution in [0.5, 0.6) is 5.75 Å². The van der Waals surface area contributed by atoms with Crippen molar-refractivity contribution in [2.75, 3.05) is 44.7 Å². The van der Waals surface area contributed by atoms with E-state index < -0.39 is 23.5 Å². The summed E-state index contributed by atoms with van der Waals surface area (Å²) in [6, 6.07) is 12.9. The van der Waals surface area contributed by atoms with Gasteiger partial charge in [-0.15, -0.1) is 0 Å². The molecule has 1 aromatic carbocycles. The molecule has 0 bridgehead atoms. The van der Waals surface area contributed by atoms with Gasteiger partial charge in [0.15, 0.2) is 5.60 Å². The first kappa shape index (κ1) is 31.5. The number of hydrogen-bond acceptors (Lipinski definition) is 8. The number of carboxylic acids is 1. The van der Waals surface area contributed by atoms with Crippen molar-refractivity contribution in [3.05, 3.63) is 71.7 Å². The number of hydrogen-bond donors (Lipinski definition) is 3. The van der Waals surface area contributed by atoms with Crippen molar-refractivity contribution >= 4 is 17.7 Å². The van der Waals surface area contributed by atoms with E-state index in [0.29, 0.717) is 44.7 Å². The van der Waals surface area contributed by atoms with Crippen LogP contribution in [-0.2, 0) is 39.8 Å². The Bertz CT molecular complexity index is 1370. The van der Waals surface area contributed by atoms with E-state index in [1.54, 1.807) is 24.1 Å². The summed E-state index contributed by atoms with van der Waals surface area (Å²) in [6.07, 6.45) is 9.82. The molecule has 3 aromatic rings. The standard InChI is InChI=1S/C33H44N6O5/c1-38-24-26(23-35-38)33(16-8-21-44-33)32(42)37-29(31(40)41)15-19-39(20-22-43-28-11-3-2-4-12-28)18-6-5-10-27-14-13-25-9-7-17-34-30(25)36-27/h2-4,11-14,23-24,29H,5-10,15-22H2,1H3,(H,34,36)(H,37,42)(H,40,41)/t29-,33?/m0/s1. The summed E-state index contributed by atoms with van der Waals surface area (Å²) in [7, 11) is 1.78. The molecule has 0 saturated carbocycles. The molecule has 3 N–H and O–H groups in total. The highest BCUT2D eigenvalue weighted by atomic mass is 16.5. The lowest BCUT2D eigenvalue weighted by Crippen LogP contribution is -2.51. The number of aliphatic carboxylic acids is 1. The third-order valence-corrected chi connectivity index (χ3v) is 8.43. The van der Waals surface area contributed by atoms with Crippen LogP contribution in [0, 0.1) is 0 Å². The molecule has 0 radical (unpaired) electrons. The fourth-order valence-corrected chi connectivity index (χ4v) is 5.95. The molecule has 11 heteroatoms. The maximum atomic E-state index is 13.5. The Kier molecular flexibility index (Phi) is 10.8. The Morgan fingerprint density at radius 1 is 1.16 bits per heavy atom. The Hall–Kier alpha value is -3.96. The second kappa shape index (κ2) is 15.2. The number of benzene rings is 1. The molecule has 11 nitrogen and oxygen atoms in total. The summed E-state index contributed by atoms with van der Waals surface area (Å²) in [4.78, 5) is 32.9. The van der Waals surface area contributed by atoms with Crippen molar-refractivity contribution in [3.8, 4) is 5.75 Å². The third kappa shape index (κ3) is 8.15. The highest BCUT2D eigenvalue weighted by Crippen LogP contribution is 2.36. The van der Waals surface area contributed by atoms with Gasteiger partial charge in [0.05, 0.1) is 6.20 Å². The van der Waals surface area contributed by atoms with Crippen molar-refractivity contribution in [2.24, 2.45) is 7.05 Å². The maximum Gasteiger partial charge on any atom is 0.326 e. The Morgan fingerprint density at radius 2 is 2.02 bits per heavy atom. The van der Waals surface area contributed by atoms with Gasteiger partial charge in [0.25, 0.3) is 5.91 Å².